The van der Waals surface area contributed by atoms with Crippen LogP contribution in [0.15, 0.2) is 46.9 Å². The van der Waals surface area contributed by atoms with Crippen molar-refractivity contribution in [1.82, 2.24) is 20.6 Å². The Bertz CT molecular complexity index is 1050. The molecule has 3 aromatic rings. The summed E-state index contributed by atoms with van der Waals surface area (Å²) < 4.78 is 5.40. The zero-order chi connectivity index (χ0) is 20.3. The molecule has 0 fully saturated rings. The molecule has 0 bridgehead atoms. The standard InChI is InChI=1S/C18H18ClN5O3S/c1-10(24(26)17(25)20-2)11-7-5-9-14(15(11)19)21-13-8-4-3-6-12(13)16-22-23-18(28)27-16/h3-10,21,26H,1-2H3,(H,20,25)(H,23,28). The molecule has 3 rings (SSSR count). The van der Waals surface area contributed by atoms with Gasteiger partial charge in [0.2, 0.25) is 5.89 Å². The molecule has 0 spiro atoms. The minimum Gasteiger partial charge on any atom is -0.409 e. The number of carbonyl (C=O) groups is 1. The Morgan fingerprint density at radius 1 is 1.29 bits per heavy atom. The van der Waals surface area contributed by atoms with E-state index in [0.29, 0.717) is 38.5 Å². The fraction of sp³-hybridized carbons (Fsp3) is 0.167. The van der Waals surface area contributed by atoms with Crippen LogP contribution in [0.5, 0.6) is 0 Å². The van der Waals surface area contributed by atoms with Gasteiger partial charge in [-0.15, -0.1) is 5.10 Å². The van der Waals surface area contributed by atoms with Gasteiger partial charge in [0.1, 0.15) is 0 Å². The molecule has 0 radical (unpaired) electrons. The van der Waals surface area contributed by atoms with E-state index in [0.717, 1.165) is 0 Å². The maximum absolute atomic E-state index is 11.7. The largest absolute Gasteiger partial charge is 0.409 e. The van der Waals surface area contributed by atoms with Crippen molar-refractivity contribution in [3.8, 4) is 11.5 Å². The quantitative estimate of drug-likeness (QED) is 0.266. The lowest BCUT2D eigenvalue weighted by atomic mass is 10.1. The number of H-pyrrole nitrogens is 1. The highest BCUT2D eigenvalue weighted by Gasteiger charge is 2.22. The molecule has 4 N–H and O–H groups in total. The summed E-state index contributed by atoms with van der Waals surface area (Å²) in [5.41, 5.74) is 2.57. The number of halogens is 1. The third-order valence-corrected chi connectivity index (χ3v) is 4.73. The zero-order valence-corrected chi connectivity index (χ0v) is 16.6. The lowest BCUT2D eigenvalue weighted by Gasteiger charge is -2.24. The normalized spacial score (nSPS) is 11.7. The van der Waals surface area contributed by atoms with Crippen LogP contribution in [-0.4, -0.2) is 33.5 Å². The molecule has 2 amide bonds. The van der Waals surface area contributed by atoms with E-state index in [1.807, 2.05) is 24.3 Å². The van der Waals surface area contributed by atoms with Crippen molar-refractivity contribution in [2.75, 3.05) is 12.4 Å². The number of aromatic nitrogens is 2. The summed E-state index contributed by atoms with van der Waals surface area (Å²) in [7, 11) is 1.43. The number of amides is 2. The molecule has 0 saturated carbocycles. The molecule has 8 nitrogen and oxygen atoms in total. The Labute approximate surface area is 171 Å². The van der Waals surface area contributed by atoms with Crippen LogP contribution in [0.4, 0.5) is 16.2 Å². The average molecular weight is 420 g/mol. The number of benzene rings is 2. The van der Waals surface area contributed by atoms with Gasteiger partial charge in [-0.25, -0.2) is 9.89 Å². The van der Waals surface area contributed by atoms with Gasteiger partial charge in [0.25, 0.3) is 4.84 Å². The van der Waals surface area contributed by atoms with Crippen LogP contribution < -0.4 is 10.6 Å². The lowest BCUT2D eigenvalue weighted by molar-refractivity contribution is -0.0737. The van der Waals surface area contributed by atoms with Crippen molar-refractivity contribution < 1.29 is 14.4 Å². The average Bonchev–Trinajstić information content (AvgIpc) is 3.14. The predicted octanol–water partition coefficient (Wildman–Crippen LogP) is 4.89. The molecule has 0 aliphatic rings. The van der Waals surface area contributed by atoms with Gasteiger partial charge < -0.3 is 15.1 Å². The molecule has 0 saturated heterocycles. The smallest absolute Gasteiger partial charge is 0.341 e. The molecule has 1 atom stereocenters. The van der Waals surface area contributed by atoms with Crippen LogP contribution in [0.25, 0.3) is 11.5 Å². The maximum atomic E-state index is 11.7. The molecule has 1 unspecified atom stereocenters. The summed E-state index contributed by atoms with van der Waals surface area (Å²) in [6.07, 6.45) is 0. The number of para-hydroxylation sites is 1. The molecular weight excluding hydrogens is 402 g/mol. The van der Waals surface area contributed by atoms with E-state index >= 15 is 0 Å². The minimum atomic E-state index is -0.659. The molecule has 2 aromatic carbocycles. The van der Waals surface area contributed by atoms with Crippen molar-refractivity contribution in [3.05, 3.63) is 57.9 Å². The molecule has 10 heteroatoms. The lowest BCUT2D eigenvalue weighted by Crippen LogP contribution is -2.37. The first-order chi connectivity index (χ1) is 13.4. The highest BCUT2D eigenvalue weighted by molar-refractivity contribution is 7.71. The third kappa shape index (κ3) is 4.01. The number of nitrogens with zero attached hydrogens (tertiary/aromatic N) is 2. The molecule has 28 heavy (non-hydrogen) atoms. The molecular formula is C18H18ClN5O3S. The van der Waals surface area contributed by atoms with Gasteiger partial charge >= 0.3 is 6.03 Å². The predicted molar refractivity (Wildman–Crippen MR) is 108 cm³/mol. The maximum Gasteiger partial charge on any atom is 0.341 e. The fourth-order valence-electron chi connectivity index (χ4n) is 2.66. The van der Waals surface area contributed by atoms with E-state index < -0.39 is 12.1 Å². The summed E-state index contributed by atoms with van der Waals surface area (Å²) in [6, 6.07) is 11.4. The minimum absolute atomic E-state index is 0.177. The van der Waals surface area contributed by atoms with E-state index in [1.165, 1.54) is 7.05 Å². The number of anilines is 2. The van der Waals surface area contributed by atoms with Gasteiger partial charge in [-0.3, -0.25) is 5.21 Å². The molecule has 146 valence electrons. The second kappa shape index (κ2) is 8.42. The number of rotatable bonds is 5. The first kappa shape index (κ1) is 19.9. The third-order valence-electron chi connectivity index (χ3n) is 4.13. The van der Waals surface area contributed by atoms with E-state index in [2.05, 4.69) is 20.8 Å². The highest BCUT2D eigenvalue weighted by Crippen LogP contribution is 2.36. The van der Waals surface area contributed by atoms with Crippen molar-refractivity contribution >= 4 is 41.2 Å². The second-order valence-electron chi connectivity index (χ2n) is 5.87. The number of hydrogen-bond acceptors (Lipinski definition) is 6. The number of hydrogen-bond donors (Lipinski definition) is 4. The van der Waals surface area contributed by atoms with Gasteiger partial charge in [-0.1, -0.05) is 35.9 Å². The van der Waals surface area contributed by atoms with Crippen molar-refractivity contribution in [2.45, 2.75) is 13.0 Å². The van der Waals surface area contributed by atoms with Crippen LogP contribution in [0.1, 0.15) is 18.5 Å². The van der Waals surface area contributed by atoms with Crippen LogP contribution in [0.2, 0.25) is 5.02 Å². The van der Waals surface area contributed by atoms with Gasteiger partial charge in [0.15, 0.2) is 0 Å². The molecule has 1 aromatic heterocycles. The number of carbonyl (C=O) groups excluding carboxylic acids is 1. The summed E-state index contributed by atoms with van der Waals surface area (Å²) >= 11 is 11.5. The van der Waals surface area contributed by atoms with Crippen molar-refractivity contribution in [1.29, 1.82) is 0 Å². The van der Waals surface area contributed by atoms with Gasteiger partial charge in [-0.05, 0) is 42.9 Å². The molecule has 0 aliphatic carbocycles. The zero-order valence-electron chi connectivity index (χ0n) is 15.1. The Kier molecular flexibility index (Phi) is 5.98. The van der Waals surface area contributed by atoms with E-state index in [1.54, 1.807) is 25.1 Å². The Balaban J connectivity index is 1.95. The second-order valence-corrected chi connectivity index (χ2v) is 6.62. The van der Waals surface area contributed by atoms with E-state index in [9.17, 15) is 10.0 Å². The first-order valence-electron chi connectivity index (χ1n) is 8.32. The molecule has 1 heterocycles. The Hall–Kier alpha value is -2.88. The van der Waals surface area contributed by atoms with Crippen LogP contribution in [0, 0.1) is 4.84 Å². The summed E-state index contributed by atoms with van der Waals surface area (Å²) in [5, 5.41) is 23.3. The van der Waals surface area contributed by atoms with Gasteiger partial charge in [-0.2, -0.15) is 5.06 Å². The van der Waals surface area contributed by atoms with Crippen LogP contribution >= 0.6 is 23.8 Å². The number of aromatic amines is 1. The van der Waals surface area contributed by atoms with Crippen molar-refractivity contribution in [3.63, 3.8) is 0 Å². The number of urea groups is 1. The number of nitrogens with one attached hydrogen (secondary N) is 3. The first-order valence-corrected chi connectivity index (χ1v) is 9.11. The SMILES string of the molecule is CNC(=O)N(O)C(C)c1cccc(Nc2ccccc2-c2n[nH]c(=S)o2)c1Cl. The highest BCUT2D eigenvalue weighted by atomic mass is 35.5. The molecule has 0 aliphatic heterocycles. The summed E-state index contributed by atoms with van der Waals surface area (Å²) in [5.74, 6) is 0.342. The van der Waals surface area contributed by atoms with E-state index in [4.69, 9.17) is 28.2 Å². The van der Waals surface area contributed by atoms with Crippen LogP contribution in [-0.2, 0) is 0 Å². The van der Waals surface area contributed by atoms with E-state index in [-0.39, 0.29) is 4.84 Å². The monoisotopic (exact) mass is 419 g/mol. The van der Waals surface area contributed by atoms with Crippen LogP contribution in [0.3, 0.4) is 0 Å². The fourth-order valence-corrected chi connectivity index (χ4v) is 3.12. The van der Waals surface area contributed by atoms with Crippen molar-refractivity contribution in [2.24, 2.45) is 0 Å². The summed E-state index contributed by atoms with van der Waals surface area (Å²) in [6.45, 7) is 1.67. The Morgan fingerprint density at radius 2 is 2.00 bits per heavy atom. The topological polar surface area (TPSA) is 106 Å². The van der Waals surface area contributed by atoms with Gasteiger partial charge in [0.05, 0.1) is 28.0 Å². The summed E-state index contributed by atoms with van der Waals surface area (Å²) in [4.78, 5) is 11.9. The number of hydroxylamine groups is 2. The van der Waals surface area contributed by atoms with Gasteiger partial charge in [0, 0.05) is 7.05 Å². The Morgan fingerprint density at radius 3 is 2.68 bits per heavy atom.